The number of carboxylic acid groups (broad SMARTS) is 1. The molecule has 13 heteroatoms. The molecule has 1 saturated heterocycles. The Labute approximate surface area is 212 Å². The number of halogens is 5. The number of carboxylic acids is 1. The molecule has 0 bridgehead atoms. The first-order valence-corrected chi connectivity index (χ1v) is 11.3. The monoisotopic (exact) mass is 536 g/mol. The van der Waals surface area contributed by atoms with Crippen LogP contribution >= 0.6 is 0 Å². The smallest absolute Gasteiger partial charge is 0.475 e. The van der Waals surface area contributed by atoms with Gasteiger partial charge in [-0.3, -0.25) is 4.79 Å². The lowest BCUT2D eigenvalue weighted by molar-refractivity contribution is -0.192. The number of pyridine rings is 1. The first-order chi connectivity index (χ1) is 17.8. The topological polar surface area (TPSA) is 108 Å². The molecule has 1 aliphatic heterocycles. The number of carbonyl (C=O) groups excluding carboxylic acids is 1. The minimum atomic E-state index is -5.08. The van der Waals surface area contributed by atoms with E-state index >= 15 is 0 Å². The highest BCUT2D eigenvalue weighted by Crippen LogP contribution is 2.33. The molecule has 0 spiro atoms. The number of ether oxygens (including phenoxy) is 1. The molecule has 5 rings (SSSR count). The Balaban J connectivity index is 0.000000426. The molecule has 38 heavy (non-hydrogen) atoms. The first-order valence-electron chi connectivity index (χ1n) is 11.3. The molecule has 1 amide bonds. The van der Waals surface area contributed by atoms with Gasteiger partial charge in [0, 0.05) is 24.4 Å². The van der Waals surface area contributed by atoms with Gasteiger partial charge in [-0.2, -0.15) is 13.2 Å². The summed E-state index contributed by atoms with van der Waals surface area (Å²) in [5.41, 5.74) is 2.32. The second-order valence-electron chi connectivity index (χ2n) is 8.54. The van der Waals surface area contributed by atoms with Crippen molar-refractivity contribution in [3.63, 3.8) is 0 Å². The van der Waals surface area contributed by atoms with Crippen LogP contribution in [-0.2, 0) is 4.79 Å². The summed E-state index contributed by atoms with van der Waals surface area (Å²) in [6.45, 7) is 1.51. The van der Waals surface area contributed by atoms with E-state index in [-0.39, 0.29) is 24.9 Å². The zero-order chi connectivity index (χ0) is 27.7. The van der Waals surface area contributed by atoms with Crippen LogP contribution in [0.1, 0.15) is 22.6 Å². The van der Waals surface area contributed by atoms with Gasteiger partial charge in [0.1, 0.15) is 11.3 Å². The average Bonchev–Trinajstić information content (AvgIpc) is 3.25. The number of aliphatic carboxylic acids is 1. The number of piperidine rings is 1. The fraction of sp³-hybridized carbons (Fsp3) is 0.280. The van der Waals surface area contributed by atoms with Gasteiger partial charge in [0.2, 0.25) is 5.88 Å². The highest BCUT2D eigenvalue weighted by Gasteiger charge is 2.47. The third-order valence-corrected chi connectivity index (χ3v) is 5.80. The molecule has 0 aliphatic carbocycles. The van der Waals surface area contributed by atoms with Crippen LogP contribution in [0.3, 0.4) is 0 Å². The van der Waals surface area contributed by atoms with Crippen LogP contribution < -0.4 is 4.74 Å². The first kappa shape index (κ1) is 26.8. The number of rotatable bonds is 3. The van der Waals surface area contributed by atoms with Crippen LogP contribution in [0.15, 0.2) is 54.6 Å². The maximum absolute atomic E-state index is 14.7. The van der Waals surface area contributed by atoms with Crippen LogP contribution in [0.4, 0.5) is 22.0 Å². The lowest BCUT2D eigenvalue weighted by atomic mass is 10.0. The molecule has 2 aromatic carbocycles. The SMILES string of the molecule is Cc1nc2c(C(=O)N3CCC(F)(F)C(Oc4ccc5ccccc5n4)C3)cccc2[nH]1.O=C(O)C(F)(F)F. The van der Waals surface area contributed by atoms with E-state index in [9.17, 15) is 26.7 Å². The van der Waals surface area contributed by atoms with Crippen LogP contribution in [0.5, 0.6) is 5.88 Å². The largest absolute Gasteiger partial charge is 0.490 e. The number of aromatic nitrogens is 3. The number of H-pyrrole nitrogens is 1. The molecule has 1 aliphatic rings. The van der Waals surface area contributed by atoms with Crippen molar-refractivity contribution >= 4 is 33.8 Å². The molecular formula is C25H21F5N4O4. The van der Waals surface area contributed by atoms with Crippen molar-refractivity contribution in [2.45, 2.75) is 31.5 Å². The third-order valence-electron chi connectivity index (χ3n) is 5.80. The fourth-order valence-corrected chi connectivity index (χ4v) is 3.93. The molecule has 1 fully saturated rings. The molecule has 3 heterocycles. The highest BCUT2D eigenvalue weighted by molar-refractivity contribution is 6.05. The van der Waals surface area contributed by atoms with Gasteiger partial charge in [0.25, 0.3) is 11.8 Å². The number of aryl methyl sites for hydroxylation is 1. The van der Waals surface area contributed by atoms with Gasteiger partial charge < -0.3 is 19.7 Å². The molecule has 8 nitrogen and oxygen atoms in total. The van der Waals surface area contributed by atoms with Gasteiger partial charge >= 0.3 is 12.1 Å². The van der Waals surface area contributed by atoms with Crippen LogP contribution in [0, 0.1) is 6.92 Å². The number of alkyl halides is 5. The standard InChI is InChI=1S/C23H20F2N4O2.C2HF3O2/c1-14-26-18-8-4-6-16(21(18)27-14)22(30)29-12-11-23(24,25)19(13-29)31-20-10-9-15-5-2-3-7-17(15)28-20;3-2(4,5)1(6)7/h2-10,19H,11-13H2,1H3,(H,26,27);(H,6,7). The number of likely N-dealkylation sites (tertiary alicyclic amines) is 1. The van der Waals surface area contributed by atoms with Gasteiger partial charge in [0.15, 0.2) is 6.10 Å². The van der Waals surface area contributed by atoms with E-state index in [1.54, 1.807) is 37.3 Å². The number of hydrogen-bond donors (Lipinski definition) is 2. The maximum atomic E-state index is 14.7. The predicted octanol–water partition coefficient (Wildman–Crippen LogP) is 4.98. The Morgan fingerprint density at radius 3 is 2.50 bits per heavy atom. The Bertz CT molecular complexity index is 1490. The molecule has 1 unspecified atom stereocenters. The quantitative estimate of drug-likeness (QED) is 0.358. The zero-order valence-electron chi connectivity index (χ0n) is 19.8. The molecule has 2 aromatic heterocycles. The second kappa shape index (κ2) is 10.2. The van der Waals surface area contributed by atoms with Crippen LogP contribution in [0.2, 0.25) is 0 Å². The average molecular weight is 536 g/mol. The summed E-state index contributed by atoms with van der Waals surface area (Å²) < 4.78 is 66.7. The van der Waals surface area contributed by atoms with E-state index in [1.165, 1.54) is 4.90 Å². The maximum Gasteiger partial charge on any atom is 0.490 e. The summed E-state index contributed by atoms with van der Waals surface area (Å²) in [4.78, 5) is 35.3. The molecule has 0 radical (unpaired) electrons. The summed E-state index contributed by atoms with van der Waals surface area (Å²) in [6, 6.07) is 16.0. The zero-order valence-corrected chi connectivity index (χ0v) is 19.8. The van der Waals surface area contributed by atoms with Gasteiger partial charge in [-0.25, -0.2) is 23.5 Å². The van der Waals surface area contributed by atoms with E-state index in [4.69, 9.17) is 14.6 Å². The number of imidazole rings is 1. The minimum Gasteiger partial charge on any atom is -0.475 e. The molecule has 2 N–H and O–H groups in total. The Morgan fingerprint density at radius 2 is 1.79 bits per heavy atom. The fourth-order valence-electron chi connectivity index (χ4n) is 3.93. The number of para-hydroxylation sites is 2. The minimum absolute atomic E-state index is 0.0589. The van der Waals surface area contributed by atoms with Gasteiger partial charge in [-0.05, 0) is 31.2 Å². The van der Waals surface area contributed by atoms with E-state index in [1.807, 2.05) is 24.3 Å². The number of aromatic amines is 1. The number of nitrogens with one attached hydrogen (secondary N) is 1. The third kappa shape index (κ3) is 5.82. The van der Waals surface area contributed by atoms with Crippen molar-refractivity contribution in [3.05, 3.63) is 66.0 Å². The second-order valence-corrected chi connectivity index (χ2v) is 8.54. The lowest BCUT2D eigenvalue weighted by Crippen LogP contribution is -2.55. The summed E-state index contributed by atoms with van der Waals surface area (Å²) >= 11 is 0. The van der Waals surface area contributed by atoms with E-state index in [0.717, 1.165) is 10.9 Å². The Kier molecular flexibility index (Phi) is 7.20. The van der Waals surface area contributed by atoms with Gasteiger partial charge in [0.05, 0.1) is 23.1 Å². The molecule has 0 saturated carbocycles. The van der Waals surface area contributed by atoms with Crippen molar-refractivity contribution < 1.29 is 41.4 Å². The summed E-state index contributed by atoms with van der Waals surface area (Å²) in [7, 11) is 0. The van der Waals surface area contributed by atoms with Crippen molar-refractivity contribution in [2.24, 2.45) is 0 Å². The van der Waals surface area contributed by atoms with Gasteiger partial charge in [-0.15, -0.1) is 0 Å². The van der Waals surface area contributed by atoms with Crippen molar-refractivity contribution in [1.29, 1.82) is 0 Å². The van der Waals surface area contributed by atoms with E-state index in [2.05, 4.69) is 15.0 Å². The Hall–Kier alpha value is -4.29. The Morgan fingerprint density at radius 1 is 1.08 bits per heavy atom. The summed E-state index contributed by atoms with van der Waals surface area (Å²) in [5, 5.41) is 8.02. The van der Waals surface area contributed by atoms with Crippen LogP contribution in [-0.4, -0.2) is 68.1 Å². The number of carbonyl (C=O) groups is 2. The normalized spacial score (nSPS) is 17.1. The summed E-state index contributed by atoms with van der Waals surface area (Å²) in [5.74, 6) is -5.37. The van der Waals surface area contributed by atoms with Crippen LogP contribution in [0.25, 0.3) is 21.9 Å². The van der Waals surface area contributed by atoms with Crippen molar-refractivity contribution in [3.8, 4) is 5.88 Å². The van der Waals surface area contributed by atoms with E-state index < -0.39 is 30.6 Å². The lowest BCUT2D eigenvalue weighted by Gasteiger charge is -2.38. The van der Waals surface area contributed by atoms with Crippen molar-refractivity contribution in [1.82, 2.24) is 19.9 Å². The number of hydrogen-bond acceptors (Lipinski definition) is 5. The number of nitrogens with zero attached hydrogens (tertiary/aromatic N) is 3. The van der Waals surface area contributed by atoms with Gasteiger partial charge in [-0.1, -0.05) is 24.3 Å². The molecule has 4 aromatic rings. The molecule has 200 valence electrons. The number of benzene rings is 2. The molecular weight excluding hydrogens is 515 g/mol. The van der Waals surface area contributed by atoms with Crippen molar-refractivity contribution in [2.75, 3.05) is 13.1 Å². The molecule has 1 atom stereocenters. The summed E-state index contributed by atoms with van der Waals surface area (Å²) in [6.07, 6.45) is -7.05. The number of amides is 1. The predicted molar refractivity (Wildman–Crippen MR) is 126 cm³/mol. The number of fused-ring (bicyclic) bond motifs is 2. The van der Waals surface area contributed by atoms with E-state index in [0.29, 0.717) is 22.4 Å². The highest BCUT2D eigenvalue weighted by atomic mass is 19.4.